The number of H-pyrrole nitrogens is 1. The van der Waals surface area contributed by atoms with Gasteiger partial charge in [0, 0.05) is 95.5 Å². The van der Waals surface area contributed by atoms with Crippen LogP contribution in [0.2, 0.25) is 5.15 Å². The third kappa shape index (κ3) is 35.5. The Bertz CT molecular complexity index is 4340. The van der Waals surface area contributed by atoms with Crippen LogP contribution in [0.15, 0.2) is 95.8 Å². The molecule has 5 aromatic rings. The number of carbonyl (C=O) groups is 8. The van der Waals surface area contributed by atoms with Crippen molar-refractivity contribution in [2.75, 3.05) is 83.5 Å². The van der Waals surface area contributed by atoms with E-state index >= 15 is 0 Å². The quantitative estimate of drug-likeness (QED) is 0.0262. The van der Waals surface area contributed by atoms with Gasteiger partial charge >= 0.3 is 42.5 Å². The van der Waals surface area contributed by atoms with Crippen LogP contribution in [-0.4, -0.2) is 237 Å². The van der Waals surface area contributed by atoms with Crippen molar-refractivity contribution in [3.63, 3.8) is 0 Å². The monoisotopic (exact) mass is 1710 g/mol. The molecule has 39 heteroatoms. The van der Waals surface area contributed by atoms with E-state index in [1.54, 1.807) is 52.2 Å². The number of anilines is 1. The predicted molar refractivity (Wildman–Crippen MR) is 451 cm³/mol. The number of hydrogen-bond acceptors (Lipinski definition) is 27. The van der Waals surface area contributed by atoms with Gasteiger partial charge in [-0.3, -0.25) is 15.0 Å². The summed E-state index contributed by atoms with van der Waals surface area (Å²) in [6.07, 6.45) is 5.30. The largest absolute Gasteiger partial charge is 0.510 e. The number of nitriles is 2. The summed E-state index contributed by atoms with van der Waals surface area (Å²) in [5, 5.41) is 44.9. The molecule has 0 bridgehead atoms. The molecular weight excluding hydrogens is 1600 g/mol. The highest BCUT2D eigenvalue weighted by atomic mass is 35.5. The highest BCUT2D eigenvalue weighted by Crippen LogP contribution is 2.31. The van der Waals surface area contributed by atoms with Crippen LogP contribution >= 0.6 is 38.6 Å². The van der Waals surface area contributed by atoms with E-state index in [-0.39, 0.29) is 120 Å². The molecule has 2 aromatic carbocycles. The van der Waals surface area contributed by atoms with Crippen LogP contribution in [0, 0.1) is 28.1 Å². The van der Waals surface area contributed by atoms with Crippen LogP contribution in [-0.2, 0) is 94.9 Å². The lowest BCUT2D eigenvalue weighted by atomic mass is 10.0. The number of benzene rings is 2. The number of aliphatic carboxylic acids is 1. The summed E-state index contributed by atoms with van der Waals surface area (Å²) in [6.45, 7) is 31.8. The molecule has 0 unspecified atom stereocenters. The van der Waals surface area contributed by atoms with Gasteiger partial charge in [0.15, 0.2) is 0 Å². The van der Waals surface area contributed by atoms with Gasteiger partial charge in [0.25, 0.3) is 11.5 Å². The van der Waals surface area contributed by atoms with E-state index in [2.05, 4.69) is 58.0 Å². The molecule has 6 aliphatic heterocycles. The summed E-state index contributed by atoms with van der Waals surface area (Å²) < 4.78 is 37.0. The first kappa shape index (κ1) is 102. The third-order valence-corrected chi connectivity index (χ3v) is 17.4. The van der Waals surface area contributed by atoms with Crippen LogP contribution < -0.4 is 21.5 Å². The molecule has 0 spiro atoms. The number of carboxylic acid groups (broad SMARTS) is 1. The molecule has 3 aromatic heterocycles. The van der Waals surface area contributed by atoms with Crippen molar-refractivity contribution in [1.29, 1.82) is 15.9 Å². The SMILES string of the molecule is CC(=O)O.CC(C)(C)OC(=O)N1CCc2c(Cl)ncnc2C1.CC(C)(C)OC(=O)N1CCc2c(nc[nH]c2=O)C1.CC(C)(C)OC(=O)N1CCc2c(ncnc2N2CCN(C(=O)OCc3ccccc3)[C@@H](CC#N)C2)C1.CCOC(=O)C1=C(O)CN(C(=O)OC(C)(C)C)CC1.N#CC[C@H]1CNCCN1C(=O)OCc1ccccc1.N=CN.S.S. The number of hydrogen-bond donors (Lipinski definition) is 6. The summed E-state index contributed by atoms with van der Waals surface area (Å²) in [6, 6.07) is 23.0. The number of fused-ring (bicyclic) bond motifs is 3. The number of rotatable bonds is 9. The van der Waals surface area contributed by atoms with E-state index in [0.717, 1.165) is 59.3 Å². The van der Waals surface area contributed by atoms with Gasteiger partial charge in [0.2, 0.25) is 0 Å². The zero-order chi connectivity index (χ0) is 86.8. The first-order valence-electron chi connectivity index (χ1n) is 38.1. The highest BCUT2D eigenvalue weighted by molar-refractivity contribution is 7.59. The fourth-order valence-corrected chi connectivity index (χ4v) is 12.1. The number of carboxylic acids is 1. The van der Waals surface area contributed by atoms with E-state index in [0.29, 0.717) is 121 Å². The zero-order valence-electron chi connectivity index (χ0n) is 70.1. The normalized spacial score (nSPS) is 15.9. The summed E-state index contributed by atoms with van der Waals surface area (Å²) in [7, 11) is 0. The number of halogens is 1. The van der Waals surface area contributed by atoms with Crippen LogP contribution in [0.3, 0.4) is 0 Å². The Kier molecular flexibility index (Phi) is 42.2. The van der Waals surface area contributed by atoms with Gasteiger partial charge in [-0.2, -0.15) is 37.5 Å². The first-order valence-corrected chi connectivity index (χ1v) is 38.5. The van der Waals surface area contributed by atoms with E-state index in [4.69, 9.17) is 65.3 Å². The van der Waals surface area contributed by atoms with Crippen molar-refractivity contribution in [1.82, 2.24) is 64.6 Å². The number of carbonyl (C=O) groups excluding carboxylic acids is 7. The lowest BCUT2D eigenvalue weighted by Gasteiger charge is -2.41. The molecule has 652 valence electrons. The fourth-order valence-electron chi connectivity index (χ4n) is 11.9. The van der Waals surface area contributed by atoms with Gasteiger partial charge in [-0.1, -0.05) is 72.3 Å². The average Bonchev–Trinajstić information content (AvgIpc) is 0.785. The van der Waals surface area contributed by atoms with Crippen molar-refractivity contribution in [3.8, 4) is 12.1 Å². The fraction of sp³-hybridized carbons (Fsp3) is 0.537. The maximum Gasteiger partial charge on any atom is 0.410 e. The lowest BCUT2D eigenvalue weighted by molar-refractivity contribution is -0.139. The molecule has 2 saturated heterocycles. The average molecular weight is 1720 g/mol. The number of aliphatic hydroxyl groups is 1. The molecule has 2 atom stereocenters. The summed E-state index contributed by atoms with van der Waals surface area (Å²) in [5.41, 5.74) is 9.05. The molecule has 0 saturated carbocycles. The minimum Gasteiger partial charge on any atom is -0.510 e. The predicted octanol–water partition coefficient (Wildman–Crippen LogP) is 10.4. The Morgan fingerprint density at radius 3 is 1.42 bits per heavy atom. The van der Waals surface area contributed by atoms with Crippen LogP contribution in [0.25, 0.3) is 0 Å². The highest BCUT2D eigenvalue weighted by Gasteiger charge is 2.37. The molecule has 0 aliphatic carbocycles. The summed E-state index contributed by atoms with van der Waals surface area (Å²) in [5.74, 6) is -0.691. The number of aliphatic hydroxyl groups excluding tert-OH is 1. The molecule has 11 rings (SSSR count). The molecule has 36 nitrogen and oxygen atoms in total. The van der Waals surface area contributed by atoms with Crippen LogP contribution in [0.1, 0.15) is 161 Å². The first-order chi connectivity index (χ1) is 55.2. The molecule has 9 heterocycles. The van der Waals surface area contributed by atoms with Gasteiger partial charge in [0.1, 0.15) is 65.0 Å². The number of nitrogens with zero attached hydrogens (tertiary/aromatic N) is 14. The van der Waals surface area contributed by atoms with Gasteiger partial charge < -0.3 is 93.7 Å². The second-order valence-corrected chi connectivity index (χ2v) is 31.3. The number of aromatic nitrogens is 6. The Hall–Kier alpha value is -11.2. The van der Waals surface area contributed by atoms with Crippen molar-refractivity contribution in [2.45, 2.75) is 203 Å². The van der Waals surface area contributed by atoms with E-state index < -0.39 is 46.5 Å². The maximum absolute atomic E-state index is 12.8. The smallest absolute Gasteiger partial charge is 0.410 e. The number of esters is 1. The Morgan fingerprint density at radius 1 is 0.571 bits per heavy atom. The van der Waals surface area contributed by atoms with Gasteiger partial charge in [-0.25, -0.2) is 58.5 Å². The Morgan fingerprint density at radius 2 is 0.975 bits per heavy atom. The standard InChI is InChI=1S/C26H32N6O4.C14H17N3O2.C13H21NO5.C12H16ClN3O2.C12H17N3O3.C2H4O2.CH4N2.2H2S/c1-26(2,3)36-24(33)31-12-10-21-22(16-31)28-18-29-23(21)30-13-14-32(20(15-30)9-11-27)25(34)35-17-19-7-5-4-6-8-19;15-7-6-13-10-16-8-9-17(13)14(18)19-11-12-4-2-1-3-5-12;1-5-18-11(16)9-6-7-14(8-10(9)15)12(17)19-13(2,3)4;1-12(2,3)18-11(17)16-5-4-8-9(6-16)14-7-15-10(8)13;1-12(2,3)18-11(17)15-5-4-8-9(6-15)13-7-14-10(8)16;1-2(3)4;2-1-3;;/h4-8,18,20H,9-10,12-17H2,1-3H3;1-5,13,16H,6,8-11H2;15H,5-8H2,1-4H3;7H,4-6H2,1-3H3;7H,4-6H2,1-3H3,(H,13,14,16);1H3,(H,3,4);1H,(H3,2,3);2*1H2/t20-;13-;;;;;;;/m00......./s1. The minimum absolute atomic E-state index is 0. The van der Waals surface area contributed by atoms with E-state index in [1.807, 2.05) is 123 Å². The third-order valence-electron chi connectivity index (χ3n) is 17.1. The number of piperazine rings is 2. The Labute approximate surface area is 713 Å². The number of nitrogens with two attached hydrogens (primary N) is 1. The number of aromatic amines is 1. The Balaban J connectivity index is 0.000000387. The topological polar surface area (TPSA) is 471 Å². The second-order valence-electron chi connectivity index (χ2n) is 31.0. The molecular formula is C80H115ClN18O18S2. The van der Waals surface area contributed by atoms with E-state index in [1.165, 1.54) is 23.9 Å². The maximum atomic E-state index is 12.8. The lowest BCUT2D eigenvalue weighted by Crippen LogP contribution is -2.55. The molecule has 0 radical (unpaired) electrons. The van der Waals surface area contributed by atoms with Crippen LogP contribution in [0.5, 0.6) is 0 Å². The minimum atomic E-state index is -0.833. The number of nitrogens with one attached hydrogen (secondary N) is 3. The zero-order valence-corrected chi connectivity index (χ0v) is 72.9. The second kappa shape index (κ2) is 49.2. The molecule has 2 fully saturated rings. The van der Waals surface area contributed by atoms with E-state index in [9.17, 15) is 48.7 Å². The van der Waals surface area contributed by atoms with Gasteiger partial charge in [0.05, 0.1) is 105 Å². The van der Waals surface area contributed by atoms with Crippen molar-refractivity contribution >= 4 is 99.2 Å². The van der Waals surface area contributed by atoms with Gasteiger partial charge in [-0.05, 0) is 120 Å². The summed E-state index contributed by atoms with van der Waals surface area (Å²) in [4.78, 5) is 140. The number of ether oxygens (including phenoxy) is 7. The van der Waals surface area contributed by atoms with Crippen molar-refractivity contribution in [2.24, 2.45) is 5.73 Å². The summed E-state index contributed by atoms with van der Waals surface area (Å²) >= 11 is 5.99. The van der Waals surface area contributed by atoms with Crippen LogP contribution in [0.4, 0.5) is 34.6 Å². The molecule has 119 heavy (non-hydrogen) atoms. The molecule has 6 amide bonds. The van der Waals surface area contributed by atoms with Crippen molar-refractivity contribution in [3.05, 3.63) is 151 Å². The van der Waals surface area contributed by atoms with Crippen molar-refractivity contribution < 1.29 is 81.7 Å². The number of amides is 6. The van der Waals surface area contributed by atoms with Gasteiger partial charge in [-0.15, -0.1) is 0 Å². The molecule has 6 aliphatic rings. The molecule has 7 N–H and O–H groups in total.